The number of piperidine rings is 1. The Hall–Kier alpha value is -2.20. The number of aryl methyl sites for hydroxylation is 1. The van der Waals surface area contributed by atoms with Crippen molar-refractivity contribution in [3.05, 3.63) is 65.5 Å². The van der Waals surface area contributed by atoms with Gasteiger partial charge in [-0.1, -0.05) is 30.3 Å². The third-order valence-electron chi connectivity index (χ3n) is 4.76. The number of carbonyl (C=O) groups is 1. The van der Waals surface area contributed by atoms with Gasteiger partial charge >= 0.3 is 0 Å². The van der Waals surface area contributed by atoms with Crippen molar-refractivity contribution in [3.8, 4) is 0 Å². The van der Waals surface area contributed by atoms with Crippen molar-refractivity contribution >= 4 is 5.91 Å². The second kappa shape index (κ2) is 8.06. The lowest BCUT2D eigenvalue weighted by Gasteiger charge is -2.32. The molecule has 1 N–H and O–H groups in total. The highest BCUT2D eigenvalue weighted by molar-refractivity contribution is 5.95. The molecule has 1 amide bonds. The van der Waals surface area contributed by atoms with E-state index in [2.05, 4.69) is 45.5 Å². The number of amides is 1. The average Bonchev–Trinajstić information content (AvgIpc) is 2.62. The van der Waals surface area contributed by atoms with Crippen molar-refractivity contribution in [2.45, 2.75) is 26.3 Å². The van der Waals surface area contributed by atoms with Crippen LogP contribution in [0.2, 0.25) is 0 Å². The summed E-state index contributed by atoms with van der Waals surface area (Å²) in [4.78, 5) is 18.9. The maximum atomic E-state index is 12.3. The lowest BCUT2D eigenvalue weighted by Crippen LogP contribution is -2.38. The number of carbonyl (C=O) groups excluding carboxylic acids is 1. The van der Waals surface area contributed by atoms with Gasteiger partial charge in [0.1, 0.15) is 0 Å². The standard InChI is InChI=1S/C20H25N3O/c1-16-19(8-5-11-21-16)20(24)22-14-17-9-12-23(13-10-17)15-18-6-3-2-4-7-18/h2-8,11,17H,9-10,12-15H2,1H3,(H,22,24). The first-order chi connectivity index (χ1) is 11.7. The molecule has 2 heterocycles. The molecule has 0 atom stereocenters. The summed E-state index contributed by atoms with van der Waals surface area (Å²) in [7, 11) is 0. The van der Waals surface area contributed by atoms with Crippen LogP contribution in [0.4, 0.5) is 0 Å². The van der Waals surface area contributed by atoms with Gasteiger partial charge in [-0.05, 0) is 56.5 Å². The van der Waals surface area contributed by atoms with Crippen LogP contribution in [-0.2, 0) is 6.54 Å². The summed E-state index contributed by atoms with van der Waals surface area (Å²) in [5, 5.41) is 3.08. The Morgan fingerprint density at radius 3 is 2.62 bits per heavy atom. The van der Waals surface area contributed by atoms with E-state index in [1.165, 1.54) is 5.56 Å². The van der Waals surface area contributed by atoms with Gasteiger partial charge in [0.2, 0.25) is 0 Å². The molecule has 1 saturated heterocycles. The van der Waals surface area contributed by atoms with E-state index in [4.69, 9.17) is 0 Å². The molecule has 1 aromatic carbocycles. The fourth-order valence-corrected chi connectivity index (χ4v) is 3.25. The summed E-state index contributed by atoms with van der Waals surface area (Å²) in [6, 6.07) is 14.3. The first-order valence-electron chi connectivity index (χ1n) is 8.68. The third-order valence-corrected chi connectivity index (χ3v) is 4.76. The first-order valence-corrected chi connectivity index (χ1v) is 8.68. The molecule has 2 aromatic rings. The van der Waals surface area contributed by atoms with Crippen LogP contribution < -0.4 is 5.32 Å². The molecule has 24 heavy (non-hydrogen) atoms. The summed E-state index contributed by atoms with van der Waals surface area (Å²) in [6.45, 7) is 5.85. The summed E-state index contributed by atoms with van der Waals surface area (Å²) in [5.41, 5.74) is 2.84. The van der Waals surface area contributed by atoms with Crippen molar-refractivity contribution < 1.29 is 4.79 Å². The Morgan fingerprint density at radius 2 is 1.92 bits per heavy atom. The Labute approximate surface area is 143 Å². The summed E-state index contributed by atoms with van der Waals surface area (Å²) in [5.74, 6) is 0.560. The molecule has 0 radical (unpaired) electrons. The third kappa shape index (κ3) is 4.42. The second-order valence-corrected chi connectivity index (χ2v) is 6.55. The van der Waals surface area contributed by atoms with Gasteiger partial charge < -0.3 is 5.32 Å². The van der Waals surface area contributed by atoms with Gasteiger partial charge in [0.05, 0.1) is 5.56 Å². The second-order valence-electron chi connectivity index (χ2n) is 6.55. The lowest BCUT2D eigenvalue weighted by atomic mass is 9.96. The van der Waals surface area contributed by atoms with Crippen LogP contribution in [0, 0.1) is 12.8 Å². The summed E-state index contributed by atoms with van der Waals surface area (Å²) in [6.07, 6.45) is 3.99. The molecule has 0 bridgehead atoms. The van der Waals surface area contributed by atoms with Crippen molar-refractivity contribution in [3.63, 3.8) is 0 Å². The van der Waals surface area contributed by atoms with Gasteiger partial charge in [-0.3, -0.25) is 14.7 Å². The van der Waals surface area contributed by atoms with E-state index in [0.717, 1.165) is 44.7 Å². The van der Waals surface area contributed by atoms with Gasteiger partial charge in [0.25, 0.3) is 5.91 Å². The number of pyridine rings is 1. The van der Waals surface area contributed by atoms with Crippen LogP contribution in [0.25, 0.3) is 0 Å². The highest BCUT2D eigenvalue weighted by Crippen LogP contribution is 2.18. The maximum Gasteiger partial charge on any atom is 0.253 e. The Balaban J connectivity index is 1.43. The zero-order valence-electron chi connectivity index (χ0n) is 14.2. The van der Waals surface area contributed by atoms with E-state index in [-0.39, 0.29) is 5.91 Å². The number of nitrogens with zero attached hydrogens (tertiary/aromatic N) is 2. The smallest absolute Gasteiger partial charge is 0.253 e. The predicted molar refractivity (Wildman–Crippen MR) is 95.8 cm³/mol. The monoisotopic (exact) mass is 323 g/mol. The van der Waals surface area contributed by atoms with Crippen molar-refractivity contribution in [2.24, 2.45) is 5.92 Å². The number of benzene rings is 1. The number of rotatable bonds is 5. The average molecular weight is 323 g/mol. The molecule has 4 nitrogen and oxygen atoms in total. The molecular weight excluding hydrogens is 298 g/mol. The SMILES string of the molecule is Cc1ncccc1C(=O)NCC1CCN(Cc2ccccc2)CC1. The fraction of sp³-hybridized carbons (Fsp3) is 0.400. The minimum atomic E-state index is -0.00712. The quantitative estimate of drug-likeness (QED) is 0.920. The molecule has 126 valence electrons. The molecule has 0 unspecified atom stereocenters. The number of aromatic nitrogens is 1. The largest absolute Gasteiger partial charge is 0.352 e. The lowest BCUT2D eigenvalue weighted by molar-refractivity contribution is 0.0934. The summed E-state index contributed by atoms with van der Waals surface area (Å²) >= 11 is 0. The Morgan fingerprint density at radius 1 is 1.17 bits per heavy atom. The molecule has 3 rings (SSSR count). The van der Waals surface area contributed by atoms with E-state index in [1.807, 2.05) is 19.1 Å². The van der Waals surface area contributed by atoms with E-state index in [1.54, 1.807) is 6.20 Å². The minimum Gasteiger partial charge on any atom is -0.352 e. The zero-order chi connectivity index (χ0) is 16.8. The molecular formula is C20H25N3O. The van der Waals surface area contributed by atoms with E-state index < -0.39 is 0 Å². The van der Waals surface area contributed by atoms with E-state index >= 15 is 0 Å². The summed E-state index contributed by atoms with van der Waals surface area (Å²) < 4.78 is 0. The van der Waals surface area contributed by atoms with Crippen LogP contribution in [0.3, 0.4) is 0 Å². The van der Waals surface area contributed by atoms with Gasteiger partial charge in [-0.15, -0.1) is 0 Å². The van der Waals surface area contributed by atoms with Crippen molar-refractivity contribution in [2.75, 3.05) is 19.6 Å². The normalized spacial score (nSPS) is 16.0. The van der Waals surface area contributed by atoms with Crippen LogP contribution in [-0.4, -0.2) is 35.4 Å². The molecule has 1 aliphatic heterocycles. The Kier molecular flexibility index (Phi) is 5.59. The molecule has 0 spiro atoms. The molecule has 4 heteroatoms. The van der Waals surface area contributed by atoms with E-state index in [0.29, 0.717) is 11.5 Å². The van der Waals surface area contributed by atoms with Crippen molar-refractivity contribution in [1.82, 2.24) is 15.2 Å². The molecule has 1 aliphatic rings. The molecule has 0 aliphatic carbocycles. The highest BCUT2D eigenvalue weighted by Gasteiger charge is 2.20. The molecule has 1 aromatic heterocycles. The van der Waals surface area contributed by atoms with Gasteiger partial charge in [-0.2, -0.15) is 0 Å². The number of likely N-dealkylation sites (tertiary alicyclic amines) is 1. The zero-order valence-corrected chi connectivity index (χ0v) is 14.2. The number of hydrogen-bond donors (Lipinski definition) is 1. The topological polar surface area (TPSA) is 45.2 Å². The highest BCUT2D eigenvalue weighted by atomic mass is 16.1. The van der Waals surface area contributed by atoms with Crippen LogP contribution in [0.15, 0.2) is 48.7 Å². The molecule has 0 saturated carbocycles. The fourth-order valence-electron chi connectivity index (χ4n) is 3.25. The van der Waals surface area contributed by atoms with E-state index in [9.17, 15) is 4.79 Å². The minimum absolute atomic E-state index is 0.00712. The first kappa shape index (κ1) is 16.7. The molecule has 1 fully saturated rings. The van der Waals surface area contributed by atoms with Crippen LogP contribution >= 0.6 is 0 Å². The Bertz CT molecular complexity index is 664. The van der Waals surface area contributed by atoms with Gasteiger partial charge in [0.15, 0.2) is 0 Å². The van der Waals surface area contributed by atoms with Gasteiger partial charge in [0, 0.05) is 25.0 Å². The van der Waals surface area contributed by atoms with Crippen LogP contribution in [0.5, 0.6) is 0 Å². The van der Waals surface area contributed by atoms with Crippen LogP contribution in [0.1, 0.15) is 34.5 Å². The van der Waals surface area contributed by atoms with Crippen molar-refractivity contribution in [1.29, 1.82) is 0 Å². The number of nitrogens with one attached hydrogen (secondary N) is 1. The maximum absolute atomic E-state index is 12.3. The van der Waals surface area contributed by atoms with Gasteiger partial charge in [-0.25, -0.2) is 0 Å². The number of hydrogen-bond acceptors (Lipinski definition) is 3. The predicted octanol–water partition coefficient (Wildman–Crippen LogP) is 3.03.